The van der Waals surface area contributed by atoms with Crippen molar-refractivity contribution < 1.29 is 0 Å². The van der Waals surface area contributed by atoms with Crippen LogP contribution in [0.15, 0.2) is 18.2 Å². The number of benzene rings is 1. The molecule has 1 heterocycles. The van der Waals surface area contributed by atoms with Crippen LogP contribution < -0.4 is 5.73 Å². The SMILES string of the molecule is Cc1ccc(N)cc1-c1nnnn1CC1CCCC(C)C1. The highest BCUT2D eigenvalue weighted by molar-refractivity contribution is 5.65. The van der Waals surface area contributed by atoms with Gasteiger partial charge in [-0.25, -0.2) is 4.68 Å². The summed E-state index contributed by atoms with van der Waals surface area (Å²) in [6.07, 6.45) is 5.22. The van der Waals surface area contributed by atoms with E-state index in [1.165, 1.54) is 25.7 Å². The first-order chi connectivity index (χ1) is 10.1. The Morgan fingerprint density at radius 2 is 2.19 bits per heavy atom. The van der Waals surface area contributed by atoms with Crippen molar-refractivity contribution in [2.24, 2.45) is 11.8 Å². The molecule has 2 unspecified atom stereocenters. The molecule has 0 bridgehead atoms. The summed E-state index contributed by atoms with van der Waals surface area (Å²) in [4.78, 5) is 0. The maximum absolute atomic E-state index is 5.91. The highest BCUT2D eigenvalue weighted by atomic mass is 15.5. The summed E-state index contributed by atoms with van der Waals surface area (Å²) >= 11 is 0. The molecule has 2 aromatic rings. The number of nitrogen functional groups attached to an aromatic ring is 1. The predicted octanol–water partition coefficient (Wildman–Crippen LogP) is 3.06. The predicted molar refractivity (Wildman–Crippen MR) is 83.5 cm³/mol. The van der Waals surface area contributed by atoms with Gasteiger partial charge in [0.1, 0.15) is 0 Å². The number of hydrogen-bond acceptors (Lipinski definition) is 4. The van der Waals surface area contributed by atoms with E-state index in [4.69, 9.17) is 5.73 Å². The minimum absolute atomic E-state index is 0.678. The maximum atomic E-state index is 5.91. The molecule has 0 amide bonds. The van der Waals surface area contributed by atoms with Crippen LogP contribution in [0, 0.1) is 18.8 Å². The van der Waals surface area contributed by atoms with Gasteiger partial charge in [-0.3, -0.25) is 0 Å². The first kappa shape index (κ1) is 14.0. The van der Waals surface area contributed by atoms with Gasteiger partial charge >= 0.3 is 0 Å². The molecule has 5 heteroatoms. The molecule has 21 heavy (non-hydrogen) atoms. The van der Waals surface area contributed by atoms with Gasteiger partial charge < -0.3 is 5.73 Å². The number of rotatable bonds is 3. The van der Waals surface area contributed by atoms with Gasteiger partial charge in [-0.1, -0.05) is 25.8 Å². The molecule has 1 aromatic carbocycles. The van der Waals surface area contributed by atoms with E-state index < -0.39 is 0 Å². The topological polar surface area (TPSA) is 69.6 Å². The zero-order valence-corrected chi connectivity index (χ0v) is 12.8. The Hall–Kier alpha value is -1.91. The van der Waals surface area contributed by atoms with Crippen LogP contribution in [0.4, 0.5) is 5.69 Å². The van der Waals surface area contributed by atoms with Crippen LogP contribution >= 0.6 is 0 Å². The monoisotopic (exact) mass is 285 g/mol. The molecule has 0 radical (unpaired) electrons. The molecule has 2 atom stereocenters. The first-order valence-electron chi connectivity index (χ1n) is 7.76. The highest BCUT2D eigenvalue weighted by Crippen LogP contribution is 2.31. The first-order valence-corrected chi connectivity index (χ1v) is 7.76. The van der Waals surface area contributed by atoms with Crippen molar-refractivity contribution >= 4 is 5.69 Å². The average molecular weight is 285 g/mol. The second-order valence-corrected chi connectivity index (χ2v) is 6.40. The van der Waals surface area contributed by atoms with Gasteiger partial charge in [-0.05, 0) is 59.7 Å². The second kappa shape index (κ2) is 5.84. The lowest BCUT2D eigenvalue weighted by Crippen LogP contribution is -2.20. The molecule has 1 aromatic heterocycles. The Morgan fingerprint density at radius 3 is 3.00 bits per heavy atom. The fourth-order valence-corrected chi connectivity index (χ4v) is 3.37. The lowest BCUT2D eigenvalue weighted by Gasteiger charge is -2.26. The summed E-state index contributed by atoms with van der Waals surface area (Å²) in [6, 6.07) is 5.89. The summed E-state index contributed by atoms with van der Waals surface area (Å²) in [5.74, 6) is 2.33. The third kappa shape index (κ3) is 3.06. The molecule has 2 N–H and O–H groups in total. The Kier molecular flexibility index (Phi) is 3.90. The molecule has 0 saturated heterocycles. The highest BCUT2D eigenvalue weighted by Gasteiger charge is 2.21. The number of aromatic nitrogens is 4. The van der Waals surface area contributed by atoms with Gasteiger partial charge in [-0.15, -0.1) is 5.10 Å². The van der Waals surface area contributed by atoms with E-state index in [2.05, 4.69) is 29.4 Å². The van der Waals surface area contributed by atoms with Crippen molar-refractivity contribution in [3.63, 3.8) is 0 Å². The molecule has 112 valence electrons. The molecular weight excluding hydrogens is 262 g/mol. The largest absolute Gasteiger partial charge is 0.399 e. The summed E-state index contributed by atoms with van der Waals surface area (Å²) in [5, 5.41) is 12.3. The van der Waals surface area contributed by atoms with E-state index in [1.807, 2.05) is 22.9 Å². The van der Waals surface area contributed by atoms with E-state index in [0.717, 1.165) is 35.1 Å². The Bertz CT molecular complexity index is 619. The molecule has 5 nitrogen and oxygen atoms in total. The van der Waals surface area contributed by atoms with Crippen LogP contribution in [0.5, 0.6) is 0 Å². The molecule has 1 fully saturated rings. The van der Waals surface area contributed by atoms with Crippen LogP contribution in [0.2, 0.25) is 0 Å². The quantitative estimate of drug-likeness (QED) is 0.880. The van der Waals surface area contributed by atoms with E-state index >= 15 is 0 Å². The fraction of sp³-hybridized carbons (Fsp3) is 0.562. The van der Waals surface area contributed by atoms with Crippen molar-refractivity contribution in [2.75, 3.05) is 5.73 Å². The lowest BCUT2D eigenvalue weighted by molar-refractivity contribution is 0.249. The van der Waals surface area contributed by atoms with Gasteiger partial charge in [-0.2, -0.15) is 0 Å². The van der Waals surface area contributed by atoms with Gasteiger partial charge in [0.2, 0.25) is 0 Å². The second-order valence-electron chi connectivity index (χ2n) is 6.40. The zero-order valence-electron chi connectivity index (χ0n) is 12.8. The van der Waals surface area contributed by atoms with Crippen LogP contribution in [-0.2, 0) is 6.54 Å². The average Bonchev–Trinajstić information content (AvgIpc) is 2.89. The Labute approximate surface area is 125 Å². The van der Waals surface area contributed by atoms with Crippen LogP contribution in [0.3, 0.4) is 0 Å². The standard InChI is InChI=1S/C16H23N5/c1-11-4-3-5-13(8-11)10-21-16(18-19-20-21)15-9-14(17)7-6-12(15)2/h6-7,9,11,13H,3-5,8,10,17H2,1-2H3. The van der Waals surface area contributed by atoms with Gasteiger partial charge in [0, 0.05) is 17.8 Å². The van der Waals surface area contributed by atoms with Crippen molar-refractivity contribution in [1.82, 2.24) is 20.2 Å². The maximum Gasteiger partial charge on any atom is 0.182 e. The van der Waals surface area contributed by atoms with Crippen molar-refractivity contribution in [3.05, 3.63) is 23.8 Å². The molecule has 1 saturated carbocycles. The molecule has 1 aliphatic carbocycles. The van der Waals surface area contributed by atoms with E-state index in [-0.39, 0.29) is 0 Å². The van der Waals surface area contributed by atoms with Gasteiger partial charge in [0.05, 0.1) is 0 Å². The smallest absolute Gasteiger partial charge is 0.182 e. The van der Waals surface area contributed by atoms with E-state index in [1.54, 1.807) is 0 Å². The summed E-state index contributed by atoms with van der Waals surface area (Å²) in [5.41, 5.74) is 8.84. The third-order valence-electron chi connectivity index (χ3n) is 4.51. The normalized spacial score (nSPS) is 22.4. The molecule has 0 spiro atoms. The Balaban J connectivity index is 1.85. The van der Waals surface area contributed by atoms with Gasteiger partial charge in [0.25, 0.3) is 0 Å². The molecule has 0 aliphatic heterocycles. The number of tetrazole rings is 1. The molecule has 3 rings (SSSR count). The number of hydrogen-bond donors (Lipinski definition) is 1. The fourth-order valence-electron chi connectivity index (χ4n) is 3.37. The number of nitrogens with two attached hydrogens (primary N) is 1. The number of anilines is 1. The molecular formula is C16H23N5. The van der Waals surface area contributed by atoms with Crippen LogP contribution in [0.1, 0.15) is 38.2 Å². The summed E-state index contributed by atoms with van der Waals surface area (Å²) in [7, 11) is 0. The minimum atomic E-state index is 0.678. The zero-order chi connectivity index (χ0) is 14.8. The lowest BCUT2D eigenvalue weighted by atomic mass is 9.82. The van der Waals surface area contributed by atoms with Crippen molar-refractivity contribution in [2.45, 2.75) is 46.1 Å². The number of aryl methyl sites for hydroxylation is 1. The van der Waals surface area contributed by atoms with Crippen molar-refractivity contribution in [3.8, 4) is 11.4 Å². The van der Waals surface area contributed by atoms with Crippen LogP contribution in [-0.4, -0.2) is 20.2 Å². The van der Waals surface area contributed by atoms with Gasteiger partial charge in [0.15, 0.2) is 5.82 Å². The number of nitrogens with zero attached hydrogens (tertiary/aromatic N) is 4. The Morgan fingerprint density at radius 1 is 1.33 bits per heavy atom. The van der Waals surface area contributed by atoms with E-state index in [9.17, 15) is 0 Å². The summed E-state index contributed by atoms with van der Waals surface area (Å²) < 4.78 is 1.95. The third-order valence-corrected chi connectivity index (χ3v) is 4.51. The van der Waals surface area contributed by atoms with Crippen LogP contribution in [0.25, 0.3) is 11.4 Å². The summed E-state index contributed by atoms with van der Waals surface area (Å²) in [6.45, 7) is 5.31. The minimum Gasteiger partial charge on any atom is -0.399 e. The molecule has 1 aliphatic rings. The van der Waals surface area contributed by atoms with E-state index in [0.29, 0.717) is 5.92 Å². The van der Waals surface area contributed by atoms with Crippen molar-refractivity contribution in [1.29, 1.82) is 0 Å².